The molecule has 7 heteroatoms. The molecule has 0 aliphatic rings. The lowest BCUT2D eigenvalue weighted by atomic mass is 10.1. The van der Waals surface area contributed by atoms with Gasteiger partial charge in [0.15, 0.2) is 0 Å². The molecular weight excluding hydrogens is 472 g/mol. The Morgan fingerprint density at radius 3 is 2.22 bits per heavy atom. The number of hydrogen-bond donors (Lipinski definition) is 1. The molecule has 0 bridgehead atoms. The lowest BCUT2D eigenvalue weighted by Crippen LogP contribution is -2.34. The molecule has 0 aliphatic carbocycles. The number of aryl methyl sites for hydroxylation is 1. The van der Waals surface area contributed by atoms with E-state index in [-0.39, 0.29) is 36.1 Å². The van der Waals surface area contributed by atoms with Crippen LogP contribution in [0.5, 0.6) is 5.75 Å². The van der Waals surface area contributed by atoms with Gasteiger partial charge in [-0.3, -0.25) is 9.10 Å². The van der Waals surface area contributed by atoms with Gasteiger partial charge in [0.1, 0.15) is 12.4 Å². The maximum absolute atomic E-state index is 13.7. The highest BCUT2D eigenvalue weighted by Gasteiger charge is 2.28. The smallest absolute Gasteiger partial charge is 0.264 e. The van der Waals surface area contributed by atoms with Crippen LogP contribution in [0.4, 0.5) is 5.69 Å². The van der Waals surface area contributed by atoms with Crippen LogP contribution in [0, 0.1) is 6.92 Å². The van der Waals surface area contributed by atoms with Gasteiger partial charge in [0.25, 0.3) is 15.9 Å². The molecule has 4 rings (SSSR count). The molecule has 0 unspecified atom stereocenters. The van der Waals surface area contributed by atoms with Crippen molar-refractivity contribution in [2.24, 2.45) is 0 Å². The van der Waals surface area contributed by atoms with Crippen LogP contribution in [0.3, 0.4) is 0 Å². The largest absolute Gasteiger partial charge is 0.492 e. The van der Waals surface area contributed by atoms with Crippen molar-refractivity contribution in [3.05, 3.63) is 126 Å². The lowest BCUT2D eigenvalue weighted by Gasteiger charge is -2.26. The number of anilines is 1. The minimum Gasteiger partial charge on any atom is -0.492 e. The van der Waals surface area contributed by atoms with Gasteiger partial charge in [0, 0.05) is 0 Å². The standard InChI is InChI=1S/C29H28N2O4S/c1-23-11-10-14-25(21-23)35-20-19-30-29(32)27-17-8-9-18-28(27)31(22-24-12-4-2-5-13-24)36(33,34)26-15-6-3-7-16-26/h2-18,21H,19-20,22H2,1H3,(H,30,32). The van der Waals surface area contributed by atoms with Gasteiger partial charge < -0.3 is 10.1 Å². The maximum Gasteiger partial charge on any atom is 0.264 e. The third kappa shape index (κ3) is 6.12. The molecule has 184 valence electrons. The summed E-state index contributed by atoms with van der Waals surface area (Å²) in [6, 6.07) is 32.0. The van der Waals surface area contributed by atoms with E-state index in [0.29, 0.717) is 5.69 Å². The molecule has 1 amide bonds. The molecule has 4 aromatic rings. The Hall–Kier alpha value is -4.10. The number of nitrogens with zero attached hydrogens (tertiary/aromatic N) is 1. The molecule has 0 spiro atoms. The summed E-state index contributed by atoms with van der Waals surface area (Å²) >= 11 is 0. The number of carbonyl (C=O) groups excluding carboxylic acids is 1. The van der Waals surface area contributed by atoms with E-state index in [1.807, 2.05) is 61.5 Å². The monoisotopic (exact) mass is 500 g/mol. The molecule has 0 heterocycles. The van der Waals surface area contributed by atoms with Crippen molar-refractivity contribution in [3.8, 4) is 5.75 Å². The number of para-hydroxylation sites is 1. The first kappa shape index (κ1) is 25.0. The van der Waals surface area contributed by atoms with Crippen LogP contribution >= 0.6 is 0 Å². The molecule has 4 aromatic carbocycles. The Morgan fingerprint density at radius 1 is 0.833 bits per heavy atom. The SMILES string of the molecule is Cc1cccc(OCCNC(=O)c2ccccc2N(Cc2ccccc2)S(=O)(=O)c2ccccc2)c1. The van der Waals surface area contributed by atoms with E-state index in [4.69, 9.17) is 4.74 Å². The van der Waals surface area contributed by atoms with Gasteiger partial charge in [-0.25, -0.2) is 8.42 Å². The van der Waals surface area contributed by atoms with E-state index in [1.165, 1.54) is 4.31 Å². The van der Waals surface area contributed by atoms with Gasteiger partial charge in [-0.2, -0.15) is 0 Å². The molecule has 0 aromatic heterocycles. The predicted molar refractivity (Wildman–Crippen MR) is 142 cm³/mol. The van der Waals surface area contributed by atoms with Gasteiger partial charge in [-0.05, 0) is 54.4 Å². The van der Waals surface area contributed by atoms with E-state index < -0.39 is 10.0 Å². The molecule has 0 saturated carbocycles. The van der Waals surface area contributed by atoms with E-state index in [2.05, 4.69) is 5.32 Å². The molecule has 36 heavy (non-hydrogen) atoms. The highest BCUT2D eigenvalue weighted by molar-refractivity contribution is 7.92. The highest BCUT2D eigenvalue weighted by atomic mass is 32.2. The molecule has 0 aliphatic heterocycles. The van der Waals surface area contributed by atoms with Crippen LogP contribution in [0.1, 0.15) is 21.5 Å². The Kier molecular flexibility index (Phi) is 8.02. The summed E-state index contributed by atoms with van der Waals surface area (Å²) in [5.41, 5.74) is 2.47. The van der Waals surface area contributed by atoms with Gasteiger partial charge in [0.05, 0.1) is 29.2 Å². The van der Waals surface area contributed by atoms with Gasteiger partial charge in [-0.15, -0.1) is 0 Å². The fourth-order valence-electron chi connectivity index (χ4n) is 3.79. The zero-order chi connectivity index (χ0) is 25.4. The fourth-order valence-corrected chi connectivity index (χ4v) is 5.28. The molecule has 0 saturated heterocycles. The van der Waals surface area contributed by atoms with Crippen molar-refractivity contribution in [3.63, 3.8) is 0 Å². The number of ether oxygens (including phenoxy) is 1. The first-order valence-corrected chi connectivity index (χ1v) is 13.1. The second-order valence-electron chi connectivity index (χ2n) is 8.25. The van der Waals surface area contributed by atoms with Crippen molar-refractivity contribution in [2.45, 2.75) is 18.4 Å². The van der Waals surface area contributed by atoms with Crippen molar-refractivity contribution >= 4 is 21.6 Å². The Bertz CT molecular complexity index is 1410. The van der Waals surface area contributed by atoms with Crippen LogP contribution in [0.25, 0.3) is 0 Å². The average Bonchev–Trinajstić information content (AvgIpc) is 2.91. The Balaban J connectivity index is 1.58. The molecule has 0 fully saturated rings. The summed E-state index contributed by atoms with van der Waals surface area (Å²) < 4.78 is 34.5. The van der Waals surface area contributed by atoms with Gasteiger partial charge in [0.2, 0.25) is 0 Å². The number of rotatable bonds is 10. The van der Waals surface area contributed by atoms with Gasteiger partial charge in [-0.1, -0.05) is 72.8 Å². The van der Waals surface area contributed by atoms with Crippen LogP contribution in [0.2, 0.25) is 0 Å². The van der Waals surface area contributed by atoms with Crippen molar-refractivity contribution in [1.29, 1.82) is 0 Å². The Morgan fingerprint density at radius 2 is 1.50 bits per heavy atom. The summed E-state index contributed by atoms with van der Waals surface area (Å²) in [6.45, 7) is 2.62. The summed E-state index contributed by atoms with van der Waals surface area (Å²) in [6.07, 6.45) is 0. The highest BCUT2D eigenvalue weighted by Crippen LogP contribution is 2.29. The van der Waals surface area contributed by atoms with E-state index in [9.17, 15) is 13.2 Å². The van der Waals surface area contributed by atoms with E-state index >= 15 is 0 Å². The number of amides is 1. The fraction of sp³-hybridized carbons (Fsp3) is 0.138. The van der Waals surface area contributed by atoms with Crippen molar-refractivity contribution in [1.82, 2.24) is 5.32 Å². The second-order valence-corrected chi connectivity index (χ2v) is 10.1. The third-order valence-corrected chi connectivity index (χ3v) is 7.34. The summed E-state index contributed by atoms with van der Waals surface area (Å²) in [4.78, 5) is 13.3. The number of sulfonamides is 1. The molecule has 0 radical (unpaired) electrons. The van der Waals surface area contributed by atoms with Crippen LogP contribution in [-0.2, 0) is 16.6 Å². The number of benzene rings is 4. The second kappa shape index (κ2) is 11.6. The minimum atomic E-state index is -3.94. The van der Waals surface area contributed by atoms with Crippen LogP contribution in [-0.4, -0.2) is 27.5 Å². The number of carbonyl (C=O) groups is 1. The van der Waals surface area contributed by atoms with E-state index in [1.54, 1.807) is 54.6 Å². The summed E-state index contributed by atoms with van der Waals surface area (Å²) in [7, 11) is -3.94. The molecule has 0 atom stereocenters. The van der Waals surface area contributed by atoms with Crippen molar-refractivity contribution in [2.75, 3.05) is 17.5 Å². The molecular formula is C29H28N2O4S. The quantitative estimate of drug-likeness (QED) is 0.304. The van der Waals surface area contributed by atoms with Crippen molar-refractivity contribution < 1.29 is 17.9 Å². The molecule has 6 nitrogen and oxygen atoms in total. The maximum atomic E-state index is 13.7. The zero-order valence-corrected chi connectivity index (χ0v) is 20.8. The Labute approximate surface area is 212 Å². The minimum absolute atomic E-state index is 0.0822. The lowest BCUT2D eigenvalue weighted by molar-refractivity contribution is 0.0947. The third-order valence-electron chi connectivity index (χ3n) is 5.56. The first-order chi connectivity index (χ1) is 17.4. The summed E-state index contributed by atoms with van der Waals surface area (Å²) in [5.74, 6) is 0.354. The summed E-state index contributed by atoms with van der Waals surface area (Å²) in [5, 5.41) is 2.85. The van der Waals surface area contributed by atoms with Gasteiger partial charge >= 0.3 is 0 Å². The first-order valence-electron chi connectivity index (χ1n) is 11.6. The number of hydrogen-bond acceptors (Lipinski definition) is 4. The molecule has 1 N–H and O–H groups in total. The van der Waals surface area contributed by atoms with Crippen LogP contribution in [0.15, 0.2) is 114 Å². The predicted octanol–water partition coefficient (Wildman–Crippen LogP) is 5.20. The van der Waals surface area contributed by atoms with Crippen LogP contribution < -0.4 is 14.4 Å². The average molecular weight is 501 g/mol. The van der Waals surface area contributed by atoms with E-state index in [0.717, 1.165) is 16.9 Å². The zero-order valence-electron chi connectivity index (χ0n) is 20.0. The topological polar surface area (TPSA) is 75.7 Å². The normalized spacial score (nSPS) is 11.0. The number of nitrogens with one attached hydrogen (secondary N) is 1.